The number of hydrogen-bond donors (Lipinski definition) is 1. The molecule has 0 unspecified atom stereocenters. The summed E-state index contributed by atoms with van der Waals surface area (Å²) in [6.07, 6.45) is -0.434. The summed E-state index contributed by atoms with van der Waals surface area (Å²) in [7, 11) is -3.91. The lowest BCUT2D eigenvalue weighted by Gasteiger charge is -2.04. The maximum atomic E-state index is 13.2. The molecule has 1 aromatic rings. The van der Waals surface area contributed by atoms with Crippen LogP contribution in [0.25, 0.3) is 0 Å². The van der Waals surface area contributed by atoms with Gasteiger partial charge in [0.05, 0.1) is 5.75 Å². The molecule has 0 radical (unpaired) electrons. The Kier molecular flexibility index (Phi) is 4.17. The number of carboxylic acid groups (broad SMARTS) is 1. The summed E-state index contributed by atoms with van der Waals surface area (Å²) in [6.45, 7) is 0. The first kappa shape index (κ1) is 13.6. The fourth-order valence-corrected chi connectivity index (χ4v) is 2.63. The lowest BCUT2D eigenvalue weighted by Crippen LogP contribution is -2.10. The van der Waals surface area contributed by atoms with Gasteiger partial charge in [-0.3, -0.25) is 4.79 Å². The van der Waals surface area contributed by atoms with Crippen LogP contribution in [0.4, 0.5) is 8.78 Å². The van der Waals surface area contributed by atoms with Gasteiger partial charge in [-0.1, -0.05) is 0 Å². The van der Waals surface area contributed by atoms with Crippen molar-refractivity contribution in [2.24, 2.45) is 0 Å². The van der Waals surface area contributed by atoms with Crippen LogP contribution in [0.5, 0.6) is 0 Å². The molecule has 0 aliphatic heterocycles. The summed E-state index contributed by atoms with van der Waals surface area (Å²) >= 11 is 0. The molecule has 0 amide bonds. The highest BCUT2D eigenvalue weighted by Gasteiger charge is 2.19. The van der Waals surface area contributed by atoms with Crippen LogP contribution in [0, 0.1) is 11.6 Å². The highest BCUT2D eigenvalue weighted by molar-refractivity contribution is 7.91. The van der Waals surface area contributed by atoms with E-state index in [-0.39, 0.29) is 12.8 Å². The zero-order valence-electron chi connectivity index (χ0n) is 8.69. The molecule has 0 aromatic heterocycles. The Morgan fingerprint density at radius 2 is 1.94 bits per heavy atom. The van der Waals surface area contributed by atoms with Crippen molar-refractivity contribution in [1.29, 1.82) is 0 Å². The molecule has 0 bridgehead atoms. The first-order valence-electron chi connectivity index (χ1n) is 4.72. The average Bonchev–Trinajstić information content (AvgIpc) is 2.15. The normalized spacial score (nSPS) is 11.4. The number of hydrogen-bond acceptors (Lipinski definition) is 3. The van der Waals surface area contributed by atoms with Gasteiger partial charge in [0.1, 0.15) is 16.5 Å². The summed E-state index contributed by atoms with van der Waals surface area (Å²) in [6, 6.07) is 2.15. The van der Waals surface area contributed by atoms with E-state index in [1.807, 2.05) is 0 Å². The van der Waals surface area contributed by atoms with Gasteiger partial charge in [-0.05, 0) is 18.6 Å². The molecule has 1 aromatic carbocycles. The van der Waals surface area contributed by atoms with E-state index in [0.717, 1.165) is 12.1 Å². The molecule has 0 aliphatic carbocycles. The minimum atomic E-state index is -3.91. The predicted molar refractivity (Wildman–Crippen MR) is 55.3 cm³/mol. The third-order valence-corrected chi connectivity index (χ3v) is 3.86. The lowest BCUT2D eigenvalue weighted by atomic mass is 10.3. The van der Waals surface area contributed by atoms with Crippen molar-refractivity contribution >= 4 is 15.8 Å². The minimum absolute atomic E-state index is 0.117. The van der Waals surface area contributed by atoms with E-state index >= 15 is 0 Å². The molecular weight excluding hydrogens is 254 g/mol. The first-order chi connectivity index (χ1) is 7.83. The SMILES string of the molecule is O=C(O)CCCS(=O)(=O)c1ccc(F)cc1F. The second-order valence-electron chi connectivity index (χ2n) is 3.39. The van der Waals surface area contributed by atoms with Crippen molar-refractivity contribution < 1.29 is 27.1 Å². The number of aliphatic carboxylic acids is 1. The van der Waals surface area contributed by atoms with Crippen LogP contribution in [-0.2, 0) is 14.6 Å². The summed E-state index contributed by atoms with van der Waals surface area (Å²) in [5, 5.41) is 8.35. The van der Waals surface area contributed by atoms with E-state index in [9.17, 15) is 22.0 Å². The summed E-state index contributed by atoms with van der Waals surface area (Å²) in [5.74, 6) is -3.64. The fraction of sp³-hybridized carbons (Fsp3) is 0.300. The van der Waals surface area contributed by atoms with Gasteiger partial charge in [-0.2, -0.15) is 0 Å². The van der Waals surface area contributed by atoms with Gasteiger partial charge >= 0.3 is 5.97 Å². The van der Waals surface area contributed by atoms with Crippen molar-refractivity contribution in [2.45, 2.75) is 17.7 Å². The standard InChI is InChI=1S/C10H10F2O4S/c11-7-3-4-9(8(12)6-7)17(15,16)5-1-2-10(13)14/h3-4,6H,1-2,5H2,(H,13,14). The summed E-state index contributed by atoms with van der Waals surface area (Å²) in [5.41, 5.74) is 0. The van der Waals surface area contributed by atoms with Crippen molar-refractivity contribution in [2.75, 3.05) is 5.75 Å². The monoisotopic (exact) mass is 264 g/mol. The van der Waals surface area contributed by atoms with E-state index in [2.05, 4.69) is 0 Å². The molecule has 0 heterocycles. The van der Waals surface area contributed by atoms with E-state index in [0.29, 0.717) is 6.07 Å². The van der Waals surface area contributed by atoms with Crippen molar-refractivity contribution in [3.8, 4) is 0 Å². The fourth-order valence-electron chi connectivity index (χ4n) is 1.25. The minimum Gasteiger partial charge on any atom is -0.481 e. The molecule has 0 saturated heterocycles. The van der Waals surface area contributed by atoms with Crippen LogP contribution in [0.1, 0.15) is 12.8 Å². The molecule has 17 heavy (non-hydrogen) atoms. The van der Waals surface area contributed by atoms with Gasteiger partial charge in [0.15, 0.2) is 9.84 Å². The first-order valence-corrected chi connectivity index (χ1v) is 6.38. The number of carbonyl (C=O) groups is 1. The van der Waals surface area contributed by atoms with Crippen molar-refractivity contribution in [1.82, 2.24) is 0 Å². The van der Waals surface area contributed by atoms with Gasteiger partial charge in [-0.15, -0.1) is 0 Å². The number of halogens is 2. The number of rotatable bonds is 5. The second kappa shape index (κ2) is 5.22. The molecule has 0 atom stereocenters. The zero-order valence-corrected chi connectivity index (χ0v) is 9.51. The van der Waals surface area contributed by atoms with Crippen molar-refractivity contribution in [3.05, 3.63) is 29.8 Å². The molecule has 4 nitrogen and oxygen atoms in total. The van der Waals surface area contributed by atoms with Gasteiger partial charge < -0.3 is 5.11 Å². The van der Waals surface area contributed by atoms with Crippen LogP contribution in [0.2, 0.25) is 0 Å². The number of carboxylic acids is 1. The van der Waals surface area contributed by atoms with Crippen LogP contribution in [-0.4, -0.2) is 25.2 Å². The van der Waals surface area contributed by atoms with Crippen molar-refractivity contribution in [3.63, 3.8) is 0 Å². The summed E-state index contributed by atoms with van der Waals surface area (Å²) in [4.78, 5) is 9.61. The van der Waals surface area contributed by atoms with Gasteiger partial charge in [0.2, 0.25) is 0 Å². The largest absolute Gasteiger partial charge is 0.481 e. The lowest BCUT2D eigenvalue weighted by molar-refractivity contribution is -0.137. The smallest absolute Gasteiger partial charge is 0.303 e. The van der Waals surface area contributed by atoms with Gasteiger partial charge in [0, 0.05) is 12.5 Å². The Bertz CT molecular complexity index is 525. The van der Waals surface area contributed by atoms with Crippen LogP contribution < -0.4 is 0 Å². The molecule has 94 valence electrons. The number of benzene rings is 1. The average molecular weight is 264 g/mol. The Morgan fingerprint density at radius 1 is 1.29 bits per heavy atom. The summed E-state index contributed by atoms with van der Waals surface area (Å²) < 4.78 is 49.0. The van der Waals surface area contributed by atoms with Gasteiger partial charge in [0.25, 0.3) is 0 Å². The molecule has 0 saturated carbocycles. The molecule has 0 spiro atoms. The van der Waals surface area contributed by atoms with E-state index in [1.54, 1.807) is 0 Å². The third-order valence-electron chi connectivity index (χ3n) is 2.03. The Balaban J connectivity index is 2.86. The number of sulfone groups is 1. The Labute approximate surface area is 96.8 Å². The molecule has 7 heteroatoms. The predicted octanol–water partition coefficient (Wildman–Crippen LogP) is 1.60. The van der Waals surface area contributed by atoms with Crippen LogP contribution in [0.3, 0.4) is 0 Å². The third kappa shape index (κ3) is 3.77. The highest BCUT2D eigenvalue weighted by Crippen LogP contribution is 2.18. The molecule has 1 N–H and O–H groups in total. The second-order valence-corrected chi connectivity index (χ2v) is 5.47. The van der Waals surface area contributed by atoms with E-state index in [1.165, 1.54) is 0 Å². The van der Waals surface area contributed by atoms with E-state index < -0.39 is 38.1 Å². The van der Waals surface area contributed by atoms with Crippen LogP contribution in [0.15, 0.2) is 23.1 Å². The maximum Gasteiger partial charge on any atom is 0.303 e. The van der Waals surface area contributed by atoms with Crippen LogP contribution >= 0.6 is 0 Å². The molecular formula is C10H10F2O4S. The topological polar surface area (TPSA) is 71.4 Å². The molecule has 0 fully saturated rings. The zero-order chi connectivity index (χ0) is 13.1. The van der Waals surface area contributed by atoms with Gasteiger partial charge in [-0.25, -0.2) is 17.2 Å². The van der Waals surface area contributed by atoms with E-state index in [4.69, 9.17) is 5.11 Å². The quantitative estimate of drug-likeness (QED) is 0.820. The Morgan fingerprint density at radius 3 is 2.47 bits per heavy atom. The maximum absolute atomic E-state index is 13.2. The molecule has 0 aliphatic rings. The molecule has 1 rings (SSSR count). The highest BCUT2D eigenvalue weighted by atomic mass is 32.2. The Hall–Kier alpha value is -1.50.